The number of methoxy groups -OCH3 is 1. The SMILES string of the molecule is COc1ccc(CN2C(=O)N[C@@](C)(c3ccc(OC(F)F)cc3)C2=O)cc1F. The predicted octanol–water partition coefficient (Wildman–Crippen LogP) is 3.40. The fourth-order valence-corrected chi connectivity index (χ4v) is 3.00. The van der Waals surface area contributed by atoms with E-state index in [2.05, 4.69) is 10.1 Å². The zero-order valence-electron chi connectivity index (χ0n) is 15.0. The van der Waals surface area contributed by atoms with Crippen LogP contribution in [0.5, 0.6) is 11.5 Å². The van der Waals surface area contributed by atoms with Crippen LogP contribution < -0.4 is 14.8 Å². The van der Waals surface area contributed by atoms with Gasteiger partial charge >= 0.3 is 12.6 Å². The van der Waals surface area contributed by atoms with Gasteiger partial charge in [-0.2, -0.15) is 8.78 Å². The molecule has 0 saturated carbocycles. The van der Waals surface area contributed by atoms with Crippen LogP contribution in [0.2, 0.25) is 0 Å². The lowest BCUT2D eigenvalue weighted by molar-refractivity contribution is -0.131. The number of nitrogens with zero attached hydrogens (tertiary/aromatic N) is 1. The number of carbonyl (C=O) groups is 2. The summed E-state index contributed by atoms with van der Waals surface area (Å²) in [6.45, 7) is -1.59. The zero-order valence-corrected chi connectivity index (χ0v) is 15.0. The van der Waals surface area contributed by atoms with Crippen LogP contribution in [0.25, 0.3) is 0 Å². The molecule has 1 aliphatic heterocycles. The standard InChI is InChI=1S/C19H17F3N2O4/c1-19(12-4-6-13(7-5-12)28-17(21)22)16(25)24(18(26)23-19)10-11-3-8-15(27-2)14(20)9-11/h3-9,17H,10H2,1-2H3,(H,23,26)/t19-/m0/s1. The van der Waals surface area contributed by atoms with Crippen molar-refractivity contribution in [2.45, 2.75) is 25.6 Å². The maximum Gasteiger partial charge on any atom is 0.387 e. The van der Waals surface area contributed by atoms with E-state index in [1.807, 2.05) is 0 Å². The Morgan fingerprint density at radius 3 is 2.39 bits per heavy atom. The molecule has 0 aliphatic carbocycles. The van der Waals surface area contributed by atoms with Crippen LogP contribution in [0.15, 0.2) is 42.5 Å². The lowest BCUT2D eigenvalue weighted by Gasteiger charge is -2.22. The summed E-state index contributed by atoms with van der Waals surface area (Å²) in [6, 6.07) is 8.92. The Kier molecular flexibility index (Phi) is 5.17. The van der Waals surface area contributed by atoms with E-state index < -0.39 is 29.9 Å². The van der Waals surface area contributed by atoms with Crippen LogP contribution in [0.4, 0.5) is 18.0 Å². The molecular formula is C19H17F3N2O4. The molecule has 0 bridgehead atoms. The second kappa shape index (κ2) is 7.41. The third kappa shape index (κ3) is 3.60. The molecule has 0 aromatic heterocycles. The summed E-state index contributed by atoms with van der Waals surface area (Å²) < 4.78 is 47.5. The number of hydrogen-bond donors (Lipinski definition) is 1. The first kappa shape index (κ1) is 19.5. The number of carbonyl (C=O) groups excluding carboxylic acids is 2. The van der Waals surface area contributed by atoms with E-state index in [9.17, 15) is 22.8 Å². The number of amides is 3. The number of benzene rings is 2. The Balaban J connectivity index is 1.81. The third-order valence-electron chi connectivity index (χ3n) is 4.49. The van der Waals surface area contributed by atoms with Gasteiger partial charge in [-0.05, 0) is 42.3 Å². The van der Waals surface area contributed by atoms with Crippen LogP contribution in [0.1, 0.15) is 18.1 Å². The van der Waals surface area contributed by atoms with Gasteiger partial charge < -0.3 is 14.8 Å². The fraction of sp³-hybridized carbons (Fsp3) is 0.263. The van der Waals surface area contributed by atoms with Gasteiger partial charge in [0.25, 0.3) is 5.91 Å². The highest BCUT2D eigenvalue weighted by atomic mass is 19.3. The molecule has 1 fully saturated rings. The first-order chi connectivity index (χ1) is 13.2. The van der Waals surface area contributed by atoms with Crippen LogP contribution in [-0.2, 0) is 16.9 Å². The van der Waals surface area contributed by atoms with Crippen molar-refractivity contribution in [1.82, 2.24) is 10.2 Å². The maximum absolute atomic E-state index is 13.9. The Labute approximate surface area is 158 Å². The van der Waals surface area contributed by atoms with Crippen molar-refractivity contribution in [2.24, 2.45) is 0 Å². The average molecular weight is 394 g/mol. The largest absolute Gasteiger partial charge is 0.494 e. The Bertz CT molecular complexity index is 905. The fourth-order valence-electron chi connectivity index (χ4n) is 3.00. The number of alkyl halides is 2. The maximum atomic E-state index is 13.9. The smallest absolute Gasteiger partial charge is 0.387 e. The van der Waals surface area contributed by atoms with Gasteiger partial charge in [-0.15, -0.1) is 0 Å². The Morgan fingerprint density at radius 1 is 1.14 bits per heavy atom. The summed E-state index contributed by atoms with van der Waals surface area (Å²) in [6.07, 6.45) is 0. The summed E-state index contributed by atoms with van der Waals surface area (Å²) >= 11 is 0. The molecule has 6 nitrogen and oxygen atoms in total. The van der Waals surface area contributed by atoms with Crippen molar-refractivity contribution < 1.29 is 32.2 Å². The number of ether oxygens (including phenoxy) is 2. The third-order valence-corrected chi connectivity index (χ3v) is 4.49. The van der Waals surface area contributed by atoms with Gasteiger partial charge in [-0.1, -0.05) is 18.2 Å². The van der Waals surface area contributed by atoms with E-state index in [1.165, 1.54) is 50.4 Å². The molecule has 1 atom stereocenters. The van der Waals surface area contributed by atoms with E-state index in [4.69, 9.17) is 4.74 Å². The molecule has 1 saturated heterocycles. The van der Waals surface area contributed by atoms with Crippen molar-refractivity contribution in [2.75, 3.05) is 7.11 Å². The van der Waals surface area contributed by atoms with Gasteiger partial charge in [0.2, 0.25) is 0 Å². The van der Waals surface area contributed by atoms with Crippen molar-refractivity contribution >= 4 is 11.9 Å². The van der Waals surface area contributed by atoms with Crippen molar-refractivity contribution in [3.63, 3.8) is 0 Å². The molecule has 148 valence electrons. The molecule has 0 unspecified atom stereocenters. The molecule has 9 heteroatoms. The van der Waals surface area contributed by atoms with Crippen LogP contribution in [0.3, 0.4) is 0 Å². The van der Waals surface area contributed by atoms with E-state index in [0.717, 1.165) is 4.90 Å². The molecule has 2 aromatic rings. The van der Waals surface area contributed by atoms with Gasteiger partial charge in [0.05, 0.1) is 13.7 Å². The Hall–Kier alpha value is -3.23. The van der Waals surface area contributed by atoms with Gasteiger partial charge in [0, 0.05) is 0 Å². The first-order valence-electron chi connectivity index (χ1n) is 8.26. The van der Waals surface area contributed by atoms with E-state index in [1.54, 1.807) is 6.07 Å². The van der Waals surface area contributed by atoms with Crippen LogP contribution in [-0.4, -0.2) is 30.6 Å². The predicted molar refractivity (Wildman–Crippen MR) is 92.5 cm³/mol. The van der Waals surface area contributed by atoms with Gasteiger partial charge in [-0.25, -0.2) is 9.18 Å². The second-order valence-corrected chi connectivity index (χ2v) is 6.32. The number of halogens is 3. The van der Waals surface area contributed by atoms with Gasteiger partial charge in [-0.3, -0.25) is 9.69 Å². The highest BCUT2D eigenvalue weighted by Crippen LogP contribution is 2.31. The minimum Gasteiger partial charge on any atom is -0.494 e. The summed E-state index contributed by atoms with van der Waals surface area (Å²) in [5.41, 5.74) is -0.576. The van der Waals surface area contributed by atoms with E-state index >= 15 is 0 Å². The van der Waals surface area contributed by atoms with Gasteiger partial charge in [0.15, 0.2) is 11.6 Å². The topological polar surface area (TPSA) is 67.9 Å². The number of rotatable bonds is 6. The highest BCUT2D eigenvalue weighted by Gasteiger charge is 2.48. The molecular weight excluding hydrogens is 377 g/mol. The zero-order chi connectivity index (χ0) is 20.5. The quantitative estimate of drug-likeness (QED) is 0.763. The number of hydrogen-bond acceptors (Lipinski definition) is 4. The number of imide groups is 1. The van der Waals surface area contributed by atoms with E-state index in [0.29, 0.717) is 11.1 Å². The molecule has 0 spiro atoms. The highest BCUT2D eigenvalue weighted by molar-refractivity contribution is 6.07. The summed E-state index contributed by atoms with van der Waals surface area (Å²) in [7, 11) is 1.33. The first-order valence-corrected chi connectivity index (χ1v) is 8.26. The molecule has 1 aliphatic rings. The van der Waals surface area contributed by atoms with Crippen molar-refractivity contribution in [1.29, 1.82) is 0 Å². The molecule has 3 amide bonds. The van der Waals surface area contributed by atoms with Crippen molar-refractivity contribution in [3.8, 4) is 11.5 Å². The average Bonchev–Trinajstić information content (AvgIpc) is 2.86. The molecule has 1 N–H and O–H groups in total. The molecule has 1 heterocycles. The summed E-state index contributed by atoms with van der Waals surface area (Å²) in [4.78, 5) is 26.2. The normalized spacial score (nSPS) is 19.1. The molecule has 2 aromatic carbocycles. The van der Waals surface area contributed by atoms with Gasteiger partial charge in [0.1, 0.15) is 11.3 Å². The number of urea groups is 1. The summed E-state index contributed by atoms with van der Waals surface area (Å²) in [5, 5.41) is 2.59. The lowest BCUT2D eigenvalue weighted by Crippen LogP contribution is -2.40. The molecule has 3 rings (SSSR count). The second-order valence-electron chi connectivity index (χ2n) is 6.32. The van der Waals surface area contributed by atoms with E-state index in [-0.39, 0.29) is 18.0 Å². The monoisotopic (exact) mass is 394 g/mol. The minimum atomic E-state index is -2.96. The Morgan fingerprint density at radius 2 is 1.82 bits per heavy atom. The van der Waals surface area contributed by atoms with Crippen LogP contribution >= 0.6 is 0 Å². The molecule has 0 radical (unpaired) electrons. The summed E-state index contributed by atoms with van der Waals surface area (Å²) in [5.74, 6) is -1.16. The number of nitrogens with one attached hydrogen (secondary N) is 1. The molecule has 28 heavy (non-hydrogen) atoms. The lowest BCUT2D eigenvalue weighted by atomic mass is 9.92. The van der Waals surface area contributed by atoms with Crippen LogP contribution in [0, 0.1) is 5.82 Å². The minimum absolute atomic E-state index is 0.0527. The van der Waals surface area contributed by atoms with Crippen molar-refractivity contribution in [3.05, 3.63) is 59.4 Å².